The Morgan fingerprint density at radius 2 is 1.89 bits per heavy atom. The smallest absolute Gasteiger partial charge is 0.149 e. The van der Waals surface area contributed by atoms with Crippen LogP contribution in [0.1, 0.15) is 18.4 Å². The summed E-state index contributed by atoms with van der Waals surface area (Å²) in [5.41, 5.74) is 5.89. The molecular weight excluding hydrogens is 250 g/mol. The van der Waals surface area contributed by atoms with E-state index in [1.807, 2.05) is 0 Å². The quantitative estimate of drug-likeness (QED) is 0.857. The Bertz CT molecular complexity index is 471. The molecule has 1 aromatic rings. The van der Waals surface area contributed by atoms with Crippen molar-refractivity contribution >= 4 is 5.69 Å². The maximum atomic E-state index is 14.0. The number of nitrogens with two attached hydrogens (primary N) is 1. The summed E-state index contributed by atoms with van der Waals surface area (Å²) in [6, 6.07) is 2.59. The Kier molecular flexibility index (Phi) is 3.19. The zero-order valence-corrected chi connectivity index (χ0v) is 10.6. The Morgan fingerprint density at radius 1 is 1.21 bits per heavy atom. The molecule has 1 heterocycles. The predicted octanol–water partition coefficient (Wildman–Crippen LogP) is 1.63. The Labute approximate surface area is 111 Å². The monoisotopic (exact) mass is 268 g/mol. The maximum Gasteiger partial charge on any atom is 0.149 e. The SMILES string of the molecule is NCc1cc(F)c(N2CC3CCC(O)C3C2)c(F)c1. The normalized spacial score (nSPS) is 29.9. The molecule has 2 fully saturated rings. The zero-order valence-electron chi connectivity index (χ0n) is 10.6. The number of fused-ring (bicyclic) bond motifs is 1. The lowest BCUT2D eigenvalue weighted by Gasteiger charge is -2.22. The van der Waals surface area contributed by atoms with Gasteiger partial charge in [-0.05, 0) is 36.5 Å². The van der Waals surface area contributed by atoms with Crippen LogP contribution < -0.4 is 10.6 Å². The number of halogens is 2. The van der Waals surface area contributed by atoms with Crippen LogP contribution in [0, 0.1) is 23.5 Å². The number of benzene rings is 1. The van der Waals surface area contributed by atoms with E-state index in [2.05, 4.69) is 0 Å². The highest BCUT2D eigenvalue weighted by Gasteiger charge is 2.42. The second-order valence-corrected chi connectivity index (χ2v) is 5.59. The molecule has 1 saturated carbocycles. The molecule has 3 unspecified atom stereocenters. The van der Waals surface area contributed by atoms with E-state index in [9.17, 15) is 13.9 Å². The molecule has 3 rings (SSSR count). The van der Waals surface area contributed by atoms with Crippen molar-refractivity contribution in [2.75, 3.05) is 18.0 Å². The number of nitrogens with zero attached hydrogens (tertiary/aromatic N) is 1. The summed E-state index contributed by atoms with van der Waals surface area (Å²) in [6.45, 7) is 1.28. The van der Waals surface area contributed by atoms with Crippen LogP contribution in [0.2, 0.25) is 0 Å². The van der Waals surface area contributed by atoms with Gasteiger partial charge >= 0.3 is 0 Å². The van der Waals surface area contributed by atoms with E-state index < -0.39 is 11.6 Å². The Morgan fingerprint density at radius 3 is 2.47 bits per heavy atom. The number of hydrogen-bond acceptors (Lipinski definition) is 3. The number of hydrogen-bond donors (Lipinski definition) is 2. The highest BCUT2D eigenvalue weighted by Crippen LogP contribution is 2.41. The van der Waals surface area contributed by atoms with Crippen molar-refractivity contribution < 1.29 is 13.9 Å². The van der Waals surface area contributed by atoms with Crippen molar-refractivity contribution in [1.29, 1.82) is 0 Å². The van der Waals surface area contributed by atoms with E-state index in [0.717, 1.165) is 12.8 Å². The highest BCUT2D eigenvalue weighted by atomic mass is 19.1. The van der Waals surface area contributed by atoms with Gasteiger partial charge in [0.25, 0.3) is 0 Å². The lowest BCUT2D eigenvalue weighted by molar-refractivity contribution is 0.133. The van der Waals surface area contributed by atoms with E-state index in [0.29, 0.717) is 24.6 Å². The van der Waals surface area contributed by atoms with Gasteiger partial charge in [0.2, 0.25) is 0 Å². The number of rotatable bonds is 2. The van der Waals surface area contributed by atoms with Gasteiger partial charge in [0.1, 0.15) is 17.3 Å². The van der Waals surface area contributed by atoms with Crippen LogP contribution in [0.4, 0.5) is 14.5 Å². The molecule has 3 N–H and O–H groups in total. The van der Waals surface area contributed by atoms with Gasteiger partial charge in [-0.2, -0.15) is 0 Å². The third-order valence-electron chi connectivity index (χ3n) is 4.45. The van der Waals surface area contributed by atoms with Crippen molar-refractivity contribution in [2.24, 2.45) is 17.6 Å². The Balaban J connectivity index is 1.88. The first-order valence-corrected chi connectivity index (χ1v) is 6.71. The maximum absolute atomic E-state index is 14.0. The van der Waals surface area contributed by atoms with E-state index >= 15 is 0 Å². The van der Waals surface area contributed by atoms with E-state index in [-0.39, 0.29) is 24.3 Å². The molecule has 0 aromatic heterocycles. The fourth-order valence-corrected chi connectivity index (χ4v) is 3.46. The fraction of sp³-hybridized carbons (Fsp3) is 0.571. The molecule has 0 spiro atoms. The topological polar surface area (TPSA) is 49.5 Å². The van der Waals surface area contributed by atoms with Crippen LogP contribution in [-0.2, 0) is 6.54 Å². The summed E-state index contributed by atoms with van der Waals surface area (Å²) in [5.74, 6) is -0.624. The predicted molar refractivity (Wildman–Crippen MR) is 68.7 cm³/mol. The molecule has 19 heavy (non-hydrogen) atoms. The number of aliphatic hydroxyl groups excluding tert-OH is 1. The summed E-state index contributed by atoms with van der Waals surface area (Å²) < 4.78 is 28.0. The molecule has 1 aromatic carbocycles. The number of anilines is 1. The van der Waals surface area contributed by atoms with Gasteiger partial charge < -0.3 is 15.7 Å². The van der Waals surface area contributed by atoms with Gasteiger partial charge in [-0.1, -0.05) is 0 Å². The third-order valence-corrected chi connectivity index (χ3v) is 4.45. The summed E-state index contributed by atoms with van der Waals surface area (Å²) in [6.07, 6.45) is 1.41. The number of aliphatic hydroxyl groups is 1. The van der Waals surface area contributed by atoms with Gasteiger partial charge in [-0.3, -0.25) is 0 Å². The lowest BCUT2D eigenvalue weighted by Crippen LogP contribution is -2.26. The average molecular weight is 268 g/mol. The highest BCUT2D eigenvalue weighted by molar-refractivity contribution is 5.52. The van der Waals surface area contributed by atoms with Crippen LogP contribution in [0.15, 0.2) is 12.1 Å². The summed E-state index contributed by atoms with van der Waals surface area (Å²) >= 11 is 0. The molecule has 0 amide bonds. The van der Waals surface area contributed by atoms with Crippen LogP contribution >= 0.6 is 0 Å². The molecule has 1 saturated heterocycles. The molecule has 1 aliphatic carbocycles. The molecule has 3 atom stereocenters. The van der Waals surface area contributed by atoms with E-state index in [1.54, 1.807) is 4.90 Å². The second kappa shape index (κ2) is 4.72. The summed E-state index contributed by atoms with van der Waals surface area (Å²) in [7, 11) is 0. The molecule has 104 valence electrons. The van der Waals surface area contributed by atoms with Gasteiger partial charge in [-0.15, -0.1) is 0 Å². The van der Waals surface area contributed by atoms with Crippen molar-refractivity contribution in [1.82, 2.24) is 0 Å². The lowest BCUT2D eigenvalue weighted by atomic mass is 10.00. The van der Waals surface area contributed by atoms with Crippen LogP contribution in [0.3, 0.4) is 0 Å². The van der Waals surface area contributed by atoms with Crippen molar-refractivity contribution in [3.8, 4) is 0 Å². The molecule has 0 bridgehead atoms. The molecule has 5 heteroatoms. The van der Waals surface area contributed by atoms with Gasteiger partial charge in [-0.25, -0.2) is 8.78 Å². The standard InChI is InChI=1S/C14H18F2N2O/c15-11-3-8(5-17)4-12(16)14(11)18-6-9-1-2-13(19)10(9)7-18/h3-4,9-10,13,19H,1-2,5-7,17H2. The minimum atomic E-state index is -0.560. The average Bonchev–Trinajstić information content (AvgIpc) is 2.91. The third kappa shape index (κ3) is 2.11. The minimum Gasteiger partial charge on any atom is -0.393 e. The Hall–Kier alpha value is -1.20. The fourth-order valence-electron chi connectivity index (χ4n) is 3.46. The van der Waals surface area contributed by atoms with E-state index in [1.165, 1.54) is 12.1 Å². The van der Waals surface area contributed by atoms with Crippen LogP contribution in [0.25, 0.3) is 0 Å². The van der Waals surface area contributed by atoms with Crippen molar-refractivity contribution in [3.63, 3.8) is 0 Å². The molecule has 3 nitrogen and oxygen atoms in total. The molecule has 1 aliphatic heterocycles. The first-order chi connectivity index (χ1) is 9.10. The summed E-state index contributed by atoms with van der Waals surface area (Å²) in [5, 5.41) is 9.85. The van der Waals surface area contributed by atoms with Gasteiger partial charge in [0, 0.05) is 25.6 Å². The first kappa shape index (κ1) is 12.8. The largest absolute Gasteiger partial charge is 0.393 e. The van der Waals surface area contributed by atoms with Crippen molar-refractivity contribution in [3.05, 3.63) is 29.3 Å². The molecule has 0 radical (unpaired) electrons. The zero-order chi connectivity index (χ0) is 13.6. The van der Waals surface area contributed by atoms with E-state index in [4.69, 9.17) is 5.73 Å². The summed E-state index contributed by atoms with van der Waals surface area (Å²) in [4.78, 5) is 1.72. The first-order valence-electron chi connectivity index (χ1n) is 6.71. The van der Waals surface area contributed by atoms with Crippen LogP contribution in [-0.4, -0.2) is 24.3 Å². The van der Waals surface area contributed by atoms with Crippen LogP contribution in [0.5, 0.6) is 0 Å². The van der Waals surface area contributed by atoms with Crippen molar-refractivity contribution in [2.45, 2.75) is 25.5 Å². The minimum absolute atomic E-state index is 0.0267. The second-order valence-electron chi connectivity index (χ2n) is 5.59. The molecule has 2 aliphatic rings. The molecular formula is C14H18F2N2O. The van der Waals surface area contributed by atoms with Gasteiger partial charge in [0.05, 0.1) is 6.10 Å². The van der Waals surface area contributed by atoms with Gasteiger partial charge in [0.15, 0.2) is 0 Å².